The van der Waals surface area contributed by atoms with E-state index in [1.54, 1.807) is 11.3 Å². The molecule has 0 aliphatic carbocycles. The van der Waals surface area contributed by atoms with E-state index in [0.717, 1.165) is 49.5 Å². The molecule has 0 saturated heterocycles. The van der Waals surface area contributed by atoms with E-state index in [4.69, 9.17) is 4.98 Å². The summed E-state index contributed by atoms with van der Waals surface area (Å²) < 4.78 is 2.04. The summed E-state index contributed by atoms with van der Waals surface area (Å²) in [5.74, 6) is 0.825. The molecule has 4 heterocycles. The van der Waals surface area contributed by atoms with Gasteiger partial charge in [0, 0.05) is 40.5 Å². The van der Waals surface area contributed by atoms with Crippen molar-refractivity contribution in [3.8, 4) is 22.6 Å². The smallest absolute Gasteiger partial charge is 0.194 e. The zero-order chi connectivity index (χ0) is 17.8. The molecule has 1 N–H and O–H groups in total. The molecule has 5 nitrogen and oxygen atoms in total. The second-order valence-electron chi connectivity index (χ2n) is 6.45. The van der Waals surface area contributed by atoms with Crippen LogP contribution in [0.4, 0.5) is 0 Å². The predicted molar refractivity (Wildman–Crippen MR) is 109 cm³/mol. The van der Waals surface area contributed by atoms with Crippen LogP contribution in [0.1, 0.15) is 0 Å². The second kappa shape index (κ2) is 5.49. The number of thiazole rings is 1. The Hall–Kier alpha value is -3.51. The number of para-hydroxylation sites is 1. The molecule has 6 rings (SSSR count). The first-order valence-corrected chi connectivity index (χ1v) is 9.49. The predicted octanol–water partition coefficient (Wildman–Crippen LogP) is 5.15. The third-order valence-corrected chi connectivity index (χ3v) is 5.51. The van der Waals surface area contributed by atoms with E-state index in [1.165, 1.54) is 0 Å². The van der Waals surface area contributed by atoms with Gasteiger partial charge in [-0.1, -0.05) is 24.3 Å². The summed E-state index contributed by atoms with van der Waals surface area (Å²) in [6, 6.07) is 16.4. The van der Waals surface area contributed by atoms with Crippen molar-refractivity contribution in [3.05, 3.63) is 72.5 Å². The van der Waals surface area contributed by atoms with Gasteiger partial charge in [0.2, 0.25) is 0 Å². The van der Waals surface area contributed by atoms with Gasteiger partial charge < -0.3 is 4.98 Å². The molecule has 0 aliphatic heterocycles. The maximum absolute atomic E-state index is 4.74. The number of nitrogens with zero attached hydrogens (tertiary/aromatic N) is 4. The van der Waals surface area contributed by atoms with Crippen LogP contribution >= 0.6 is 11.3 Å². The summed E-state index contributed by atoms with van der Waals surface area (Å²) in [5.41, 5.74) is 5.93. The first-order chi connectivity index (χ1) is 13.3. The molecule has 0 aliphatic rings. The Bertz CT molecular complexity index is 1410. The van der Waals surface area contributed by atoms with Gasteiger partial charge in [-0.25, -0.2) is 9.97 Å². The molecule has 0 radical (unpaired) electrons. The number of fused-ring (bicyclic) bond motifs is 3. The lowest BCUT2D eigenvalue weighted by molar-refractivity contribution is 1.23. The van der Waals surface area contributed by atoms with E-state index in [-0.39, 0.29) is 0 Å². The molecule has 0 saturated carbocycles. The highest BCUT2D eigenvalue weighted by molar-refractivity contribution is 7.15. The van der Waals surface area contributed by atoms with Gasteiger partial charge in [0.25, 0.3) is 0 Å². The Balaban J connectivity index is 1.46. The molecule has 27 heavy (non-hydrogen) atoms. The van der Waals surface area contributed by atoms with Gasteiger partial charge in [-0.3, -0.25) is 9.38 Å². The lowest BCUT2D eigenvalue weighted by atomic mass is 10.1. The topological polar surface area (TPSA) is 58.9 Å². The molecule has 4 aromatic heterocycles. The summed E-state index contributed by atoms with van der Waals surface area (Å²) >= 11 is 1.63. The number of rotatable bonds is 2. The molecule has 6 heteroatoms. The van der Waals surface area contributed by atoms with E-state index >= 15 is 0 Å². The number of H-pyrrole nitrogens is 1. The summed E-state index contributed by atoms with van der Waals surface area (Å²) in [4.78, 5) is 18.4. The zero-order valence-electron chi connectivity index (χ0n) is 14.1. The van der Waals surface area contributed by atoms with Crippen molar-refractivity contribution < 1.29 is 0 Å². The van der Waals surface area contributed by atoms with Crippen LogP contribution in [0, 0.1) is 0 Å². The van der Waals surface area contributed by atoms with E-state index < -0.39 is 0 Å². The highest BCUT2D eigenvalue weighted by Crippen LogP contribution is 2.27. The van der Waals surface area contributed by atoms with Crippen LogP contribution < -0.4 is 0 Å². The van der Waals surface area contributed by atoms with E-state index in [1.807, 2.05) is 46.4 Å². The first-order valence-electron chi connectivity index (χ1n) is 8.61. The number of hydrogen-bond donors (Lipinski definition) is 1. The molecule has 0 fully saturated rings. The minimum absolute atomic E-state index is 0.825. The number of hydrogen-bond acceptors (Lipinski definition) is 4. The summed E-state index contributed by atoms with van der Waals surface area (Å²) in [6.45, 7) is 0. The Kier molecular flexibility index (Phi) is 2.98. The third kappa shape index (κ3) is 2.34. The van der Waals surface area contributed by atoms with Crippen LogP contribution in [-0.4, -0.2) is 24.3 Å². The molecule has 6 aromatic rings. The summed E-state index contributed by atoms with van der Waals surface area (Å²) in [6.07, 6.45) is 5.94. The Morgan fingerprint density at radius 3 is 2.85 bits per heavy atom. The van der Waals surface area contributed by atoms with Crippen molar-refractivity contribution in [1.82, 2.24) is 24.3 Å². The second-order valence-corrected chi connectivity index (χ2v) is 7.33. The highest BCUT2D eigenvalue weighted by atomic mass is 32.1. The number of aromatic nitrogens is 5. The third-order valence-electron chi connectivity index (χ3n) is 4.73. The van der Waals surface area contributed by atoms with Crippen molar-refractivity contribution >= 4 is 38.2 Å². The minimum Gasteiger partial charge on any atom is -0.338 e. The molecule has 128 valence electrons. The Morgan fingerprint density at radius 1 is 0.926 bits per heavy atom. The summed E-state index contributed by atoms with van der Waals surface area (Å²) in [7, 11) is 0. The van der Waals surface area contributed by atoms with Gasteiger partial charge in [-0.2, -0.15) is 0 Å². The molecule has 0 amide bonds. The minimum atomic E-state index is 0.825. The van der Waals surface area contributed by atoms with E-state index in [2.05, 4.69) is 45.4 Å². The monoisotopic (exact) mass is 367 g/mol. The lowest BCUT2D eigenvalue weighted by Gasteiger charge is -1.99. The Labute approximate surface area is 158 Å². The van der Waals surface area contributed by atoms with Crippen LogP contribution in [-0.2, 0) is 0 Å². The van der Waals surface area contributed by atoms with Crippen LogP contribution in [0.25, 0.3) is 49.5 Å². The van der Waals surface area contributed by atoms with E-state index in [0.29, 0.717) is 0 Å². The maximum atomic E-state index is 4.74. The van der Waals surface area contributed by atoms with Crippen LogP contribution in [0.2, 0.25) is 0 Å². The Morgan fingerprint density at radius 2 is 1.89 bits per heavy atom. The molecule has 0 bridgehead atoms. The number of imidazole rings is 2. The maximum Gasteiger partial charge on any atom is 0.194 e. The summed E-state index contributed by atoms with van der Waals surface area (Å²) in [5, 5.41) is 3.14. The van der Waals surface area contributed by atoms with Crippen LogP contribution in [0.15, 0.2) is 72.5 Å². The number of benzene rings is 2. The average Bonchev–Trinajstić information content (AvgIpc) is 3.41. The van der Waals surface area contributed by atoms with Gasteiger partial charge in [-0.15, -0.1) is 11.3 Å². The highest BCUT2D eigenvalue weighted by Gasteiger charge is 2.10. The average molecular weight is 367 g/mol. The van der Waals surface area contributed by atoms with Crippen molar-refractivity contribution in [2.24, 2.45) is 0 Å². The van der Waals surface area contributed by atoms with Gasteiger partial charge in [0.05, 0.1) is 22.2 Å². The van der Waals surface area contributed by atoms with E-state index in [9.17, 15) is 0 Å². The fourth-order valence-corrected chi connectivity index (χ4v) is 4.07. The normalized spacial score (nSPS) is 11.7. The van der Waals surface area contributed by atoms with Crippen molar-refractivity contribution in [2.45, 2.75) is 0 Å². The molecular weight excluding hydrogens is 354 g/mol. The molecule has 0 spiro atoms. The lowest BCUT2D eigenvalue weighted by Crippen LogP contribution is -1.84. The number of nitrogens with one attached hydrogen (secondary N) is 1. The fourth-order valence-electron chi connectivity index (χ4n) is 3.37. The van der Waals surface area contributed by atoms with Crippen LogP contribution in [0.3, 0.4) is 0 Å². The first kappa shape index (κ1) is 14.6. The van der Waals surface area contributed by atoms with Crippen molar-refractivity contribution in [3.63, 3.8) is 0 Å². The molecule has 0 unspecified atom stereocenters. The van der Waals surface area contributed by atoms with Crippen molar-refractivity contribution in [1.29, 1.82) is 0 Å². The van der Waals surface area contributed by atoms with Crippen LogP contribution in [0.5, 0.6) is 0 Å². The standard InChI is InChI=1S/C21H13N5S/c1-2-4-16-13(3-1)9-15(11-22-16)20-23-17-6-5-14(10-18(17)24-20)19-12-26-7-8-27-21(26)25-19/h1-12H,(H,23,24). The fraction of sp³-hybridized carbons (Fsp3) is 0. The number of aromatic amines is 1. The SMILES string of the molecule is c1ccc2ncc(-c3nc4ccc(-c5cn6ccsc6n5)cc4[nH]3)cc2c1. The zero-order valence-corrected chi connectivity index (χ0v) is 14.9. The molecule has 2 aromatic carbocycles. The van der Waals surface area contributed by atoms with Gasteiger partial charge in [0.15, 0.2) is 4.96 Å². The van der Waals surface area contributed by atoms with Crippen molar-refractivity contribution in [2.75, 3.05) is 0 Å². The quantitative estimate of drug-likeness (QED) is 0.460. The molecule has 0 atom stereocenters. The van der Waals surface area contributed by atoms with Gasteiger partial charge in [0.1, 0.15) is 5.82 Å². The van der Waals surface area contributed by atoms with Gasteiger partial charge >= 0.3 is 0 Å². The van der Waals surface area contributed by atoms with Gasteiger partial charge in [-0.05, 0) is 24.3 Å². The molecular formula is C21H13N5S. The number of pyridine rings is 1. The largest absolute Gasteiger partial charge is 0.338 e.